The van der Waals surface area contributed by atoms with Crippen molar-refractivity contribution in [1.29, 1.82) is 0 Å². The van der Waals surface area contributed by atoms with Crippen LogP contribution in [-0.2, 0) is 16.6 Å². The molecule has 3 N–H and O–H groups in total. The van der Waals surface area contributed by atoms with Crippen LogP contribution in [0.1, 0.15) is 33.6 Å². The van der Waals surface area contributed by atoms with Gasteiger partial charge in [0.05, 0.1) is 0 Å². The standard InChI is InChI=1S/C10H20N4O2S/c1-4-6-8(3)13-17(15,16)9-7-14(5-2)12-10(9)11/h7-8,13H,4-6H2,1-3H3,(H2,11,12). The lowest BCUT2D eigenvalue weighted by Gasteiger charge is -2.12. The van der Waals surface area contributed by atoms with Gasteiger partial charge in [0.25, 0.3) is 0 Å². The molecule has 0 aliphatic rings. The summed E-state index contributed by atoms with van der Waals surface area (Å²) in [5.41, 5.74) is 5.60. The van der Waals surface area contributed by atoms with Crippen LogP contribution in [0.4, 0.5) is 5.82 Å². The largest absolute Gasteiger partial charge is 0.381 e. The van der Waals surface area contributed by atoms with Crippen molar-refractivity contribution in [3.8, 4) is 0 Å². The molecule has 0 bridgehead atoms. The van der Waals surface area contributed by atoms with E-state index in [4.69, 9.17) is 5.73 Å². The molecule has 7 heteroatoms. The Hall–Kier alpha value is -1.08. The molecule has 0 radical (unpaired) electrons. The zero-order valence-electron chi connectivity index (χ0n) is 10.5. The summed E-state index contributed by atoms with van der Waals surface area (Å²) in [6.07, 6.45) is 3.17. The Morgan fingerprint density at radius 1 is 1.53 bits per heavy atom. The van der Waals surface area contributed by atoms with Crippen molar-refractivity contribution in [2.45, 2.75) is 51.1 Å². The molecule has 98 valence electrons. The molecule has 1 atom stereocenters. The predicted octanol–water partition coefficient (Wildman–Crippen LogP) is 0.952. The fourth-order valence-corrected chi connectivity index (χ4v) is 2.96. The Morgan fingerprint density at radius 2 is 2.18 bits per heavy atom. The van der Waals surface area contributed by atoms with Gasteiger partial charge in [0.15, 0.2) is 5.82 Å². The molecule has 1 unspecified atom stereocenters. The maximum Gasteiger partial charge on any atom is 0.246 e. The number of hydrogen-bond donors (Lipinski definition) is 2. The van der Waals surface area contributed by atoms with Crippen LogP contribution in [0.15, 0.2) is 11.1 Å². The summed E-state index contributed by atoms with van der Waals surface area (Å²) in [6, 6.07) is -0.102. The molecule has 17 heavy (non-hydrogen) atoms. The van der Waals surface area contributed by atoms with E-state index < -0.39 is 10.0 Å². The van der Waals surface area contributed by atoms with Gasteiger partial charge in [-0.2, -0.15) is 5.10 Å². The highest BCUT2D eigenvalue weighted by Gasteiger charge is 2.22. The second-order valence-corrected chi connectivity index (χ2v) is 5.73. The maximum absolute atomic E-state index is 12.0. The minimum Gasteiger partial charge on any atom is -0.381 e. The van der Waals surface area contributed by atoms with Crippen molar-refractivity contribution in [1.82, 2.24) is 14.5 Å². The molecule has 0 aliphatic heterocycles. The van der Waals surface area contributed by atoms with E-state index in [-0.39, 0.29) is 16.8 Å². The highest BCUT2D eigenvalue weighted by Crippen LogP contribution is 2.16. The number of nitrogens with one attached hydrogen (secondary N) is 1. The van der Waals surface area contributed by atoms with Crippen molar-refractivity contribution < 1.29 is 8.42 Å². The third kappa shape index (κ3) is 3.44. The van der Waals surface area contributed by atoms with Gasteiger partial charge in [0.2, 0.25) is 10.0 Å². The van der Waals surface area contributed by atoms with Gasteiger partial charge < -0.3 is 5.73 Å². The fraction of sp³-hybridized carbons (Fsp3) is 0.700. The van der Waals surface area contributed by atoms with Crippen LogP contribution in [0.2, 0.25) is 0 Å². The predicted molar refractivity (Wildman–Crippen MR) is 67.0 cm³/mol. The second kappa shape index (κ2) is 5.50. The normalized spacial score (nSPS) is 13.8. The zero-order valence-corrected chi connectivity index (χ0v) is 11.3. The van der Waals surface area contributed by atoms with E-state index in [9.17, 15) is 8.42 Å². The molecule has 0 fully saturated rings. The summed E-state index contributed by atoms with van der Waals surface area (Å²) < 4.78 is 28.1. The number of anilines is 1. The van der Waals surface area contributed by atoms with E-state index in [0.717, 1.165) is 12.8 Å². The van der Waals surface area contributed by atoms with Gasteiger partial charge >= 0.3 is 0 Å². The number of nitrogens with two attached hydrogens (primary N) is 1. The third-order valence-corrected chi connectivity index (χ3v) is 4.05. The Labute approximate surface area is 102 Å². The van der Waals surface area contributed by atoms with Crippen molar-refractivity contribution in [2.75, 3.05) is 5.73 Å². The van der Waals surface area contributed by atoms with Gasteiger partial charge in [-0.15, -0.1) is 0 Å². The molecule has 1 aromatic rings. The van der Waals surface area contributed by atoms with E-state index >= 15 is 0 Å². The van der Waals surface area contributed by atoms with E-state index in [0.29, 0.717) is 6.54 Å². The van der Waals surface area contributed by atoms with E-state index in [1.165, 1.54) is 10.9 Å². The quantitative estimate of drug-likeness (QED) is 0.797. The third-order valence-electron chi connectivity index (χ3n) is 2.45. The first-order chi connectivity index (χ1) is 7.90. The average molecular weight is 260 g/mol. The number of nitrogens with zero attached hydrogens (tertiary/aromatic N) is 2. The van der Waals surface area contributed by atoms with Crippen molar-refractivity contribution in [3.63, 3.8) is 0 Å². The highest BCUT2D eigenvalue weighted by atomic mass is 32.2. The van der Waals surface area contributed by atoms with Crippen LogP contribution in [0, 0.1) is 0 Å². The molecule has 0 spiro atoms. The second-order valence-electron chi connectivity index (χ2n) is 4.05. The maximum atomic E-state index is 12.0. The molecule has 0 amide bonds. The van der Waals surface area contributed by atoms with Crippen LogP contribution in [-0.4, -0.2) is 24.2 Å². The number of rotatable bonds is 6. The summed E-state index contributed by atoms with van der Waals surface area (Å²) in [5.74, 6) is 0.0445. The summed E-state index contributed by atoms with van der Waals surface area (Å²) >= 11 is 0. The minimum absolute atomic E-state index is 0.0445. The van der Waals surface area contributed by atoms with E-state index in [1.807, 2.05) is 20.8 Å². The summed E-state index contributed by atoms with van der Waals surface area (Å²) in [5, 5.41) is 3.92. The fourth-order valence-electron chi connectivity index (χ4n) is 1.61. The molecule has 0 aromatic carbocycles. The van der Waals surface area contributed by atoms with Crippen LogP contribution < -0.4 is 10.5 Å². The van der Waals surface area contributed by atoms with E-state index in [2.05, 4.69) is 9.82 Å². The molecular weight excluding hydrogens is 240 g/mol. The van der Waals surface area contributed by atoms with Crippen molar-refractivity contribution in [2.24, 2.45) is 0 Å². The van der Waals surface area contributed by atoms with Gasteiger partial charge in [-0.1, -0.05) is 13.3 Å². The lowest BCUT2D eigenvalue weighted by molar-refractivity contribution is 0.544. The number of aryl methyl sites for hydroxylation is 1. The van der Waals surface area contributed by atoms with Gasteiger partial charge in [-0.3, -0.25) is 4.68 Å². The summed E-state index contributed by atoms with van der Waals surface area (Å²) in [6.45, 7) is 6.30. The van der Waals surface area contributed by atoms with Gasteiger partial charge in [0.1, 0.15) is 4.90 Å². The molecular formula is C10H20N4O2S. The van der Waals surface area contributed by atoms with Gasteiger partial charge in [0, 0.05) is 18.8 Å². The highest BCUT2D eigenvalue weighted by molar-refractivity contribution is 7.89. The SMILES string of the molecule is CCCC(C)NS(=O)(=O)c1cn(CC)nc1N. The number of aromatic nitrogens is 2. The molecule has 1 rings (SSSR count). The summed E-state index contributed by atoms with van der Waals surface area (Å²) in [4.78, 5) is 0.0577. The lowest BCUT2D eigenvalue weighted by atomic mass is 10.2. The summed E-state index contributed by atoms with van der Waals surface area (Å²) in [7, 11) is -3.56. The number of sulfonamides is 1. The van der Waals surface area contributed by atoms with Crippen LogP contribution in [0.5, 0.6) is 0 Å². The Morgan fingerprint density at radius 3 is 2.65 bits per heavy atom. The molecule has 1 aromatic heterocycles. The van der Waals surface area contributed by atoms with Crippen LogP contribution in [0.25, 0.3) is 0 Å². The van der Waals surface area contributed by atoms with Crippen LogP contribution >= 0.6 is 0 Å². The Kier molecular flexibility index (Phi) is 4.53. The Bertz CT molecular complexity index is 467. The average Bonchev–Trinajstić information content (AvgIpc) is 2.60. The molecule has 1 heterocycles. The van der Waals surface area contributed by atoms with Gasteiger partial charge in [-0.05, 0) is 20.3 Å². The zero-order chi connectivity index (χ0) is 13.1. The molecule has 0 aliphatic carbocycles. The number of hydrogen-bond acceptors (Lipinski definition) is 4. The smallest absolute Gasteiger partial charge is 0.246 e. The first-order valence-electron chi connectivity index (χ1n) is 5.76. The van der Waals surface area contributed by atoms with Crippen LogP contribution in [0.3, 0.4) is 0 Å². The topological polar surface area (TPSA) is 90.0 Å². The molecule has 0 saturated carbocycles. The monoisotopic (exact) mass is 260 g/mol. The van der Waals surface area contributed by atoms with Crippen molar-refractivity contribution >= 4 is 15.8 Å². The molecule has 0 saturated heterocycles. The minimum atomic E-state index is -3.56. The lowest BCUT2D eigenvalue weighted by Crippen LogP contribution is -2.32. The number of nitrogen functional groups attached to an aromatic ring is 1. The first-order valence-corrected chi connectivity index (χ1v) is 7.24. The van der Waals surface area contributed by atoms with Crippen molar-refractivity contribution in [3.05, 3.63) is 6.20 Å². The van der Waals surface area contributed by atoms with Gasteiger partial charge in [-0.25, -0.2) is 13.1 Å². The first kappa shape index (κ1) is 14.0. The van der Waals surface area contributed by atoms with E-state index in [1.54, 1.807) is 0 Å². The molecule has 6 nitrogen and oxygen atoms in total. The Balaban J connectivity index is 2.92.